The zero-order valence-electron chi connectivity index (χ0n) is 16.2. The second-order valence-electron chi connectivity index (χ2n) is 6.56. The third kappa shape index (κ3) is 4.50. The second-order valence-corrected chi connectivity index (χ2v) is 7.94. The quantitative estimate of drug-likeness (QED) is 0.459. The summed E-state index contributed by atoms with van der Waals surface area (Å²) in [5.74, 6) is -0.104. The van der Waals surface area contributed by atoms with Crippen LogP contribution < -0.4 is 5.32 Å². The normalized spacial score (nSPS) is 10.9. The average molecular weight is 441 g/mol. The van der Waals surface area contributed by atoms with Gasteiger partial charge in [0.15, 0.2) is 0 Å². The number of hydrogen-bond acceptors (Lipinski definition) is 7. The van der Waals surface area contributed by atoms with Gasteiger partial charge in [-0.05, 0) is 65.7 Å². The molecule has 2 aromatic carbocycles. The highest BCUT2D eigenvalue weighted by Crippen LogP contribution is 2.25. The predicted octanol–water partition coefficient (Wildman–Crippen LogP) is 3.24. The minimum absolute atomic E-state index is 0.120. The summed E-state index contributed by atoms with van der Waals surface area (Å²) in [4.78, 5) is 16.5. The van der Waals surface area contributed by atoms with E-state index in [1.54, 1.807) is 33.9 Å². The molecule has 0 aliphatic heterocycles. The number of rotatable bonds is 6. The Kier molecular flexibility index (Phi) is 5.77. The van der Waals surface area contributed by atoms with Crippen LogP contribution in [0.15, 0.2) is 54.2 Å². The molecule has 152 valence electrons. The first-order valence-corrected chi connectivity index (χ1v) is 10.3. The Morgan fingerprint density at radius 1 is 1.17 bits per heavy atom. The summed E-state index contributed by atoms with van der Waals surface area (Å²) in [6.07, 6.45) is 2.97. The maximum atomic E-state index is 12.6. The largest absolute Gasteiger partial charge is 0.323 e. The van der Waals surface area contributed by atoms with Crippen LogP contribution in [-0.2, 0) is 4.79 Å². The lowest BCUT2D eigenvalue weighted by Crippen LogP contribution is -2.16. The van der Waals surface area contributed by atoms with E-state index in [9.17, 15) is 4.79 Å². The van der Waals surface area contributed by atoms with Crippen LogP contribution in [0, 0.1) is 13.8 Å². The zero-order chi connectivity index (χ0) is 21.1. The molecule has 4 aromatic rings. The van der Waals surface area contributed by atoms with E-state index in [-0.39, 0.29) is 11.7 Å². The van der Waals surface area contributed by atoms with E-state index in [4.69, 9.17) is 11.6 Å². The SMILES string of the molecule is Cc1cc(C)cc(-n2nnnc2SCC(=O)Nc2cc(Cl)ccc2-n2cncn2)c1. The summed E-state index contributed by atoms with van der Waals surface area (Å²) in [6, 6.07) is 11.2. The van der Waals surface area contributed by atoms with Crippen LogP contribution >= 0.6 is 23.4 Å². The highest BCUT2D eigenvalue weighted by atomic mass is 35.5. The summed E-state index contributed by atoms with van der Waals surface area (Å²) in [6.45, 7) is 4.03. The molecule has 1 N–H and O–H groups in total. The smallest absolute Gasteiger partial charge is 0.234 e. The lowest BCUT2D eigenvalue weighted by atomic mass is 10.1. The maximum absolute atomic E-state index is 12.6. The number of carbonyl (C=O) groups excluding carboxylic acids is 1. The first kappa shape index (κ1) is 20.0. The molecule has 0 aliphatic carbocycles. The average Bonchev–Trinajstić information content (AvgIpc) is 3.38. The number of aryl methyl sites for hydroxylation is 2. The Morgan fingerprint density at radius 3 is 2.70 bits per heavy atom. The van der Waals surface area contributed by atoms with Gasteiger partial charge in [-0.25, -0.2) is 9.67 Å². The number of halogens is 1. The Balaban J connectivity index is 1.49. The summed E-state index contributed by atoms with van der Waals surface area (Å²) in [5.41, 5.74) is 4.26. The van der Waals surface area contributed by atoms with E-state index in [0.717, 1.165) is 16.8 Å². The monoisotopic (exact) mass is 440 g/mol. The van der Waals surface area contributed by atoms with E-state index in [2.05, 4.69) is 37.0 Å². The summed E-state index contributed by atoms with van der Waals surface area (Å²) < 4.78 is 3.18. The number of aromatic nitrogens is 7. The van der Waals surface area contributed by atoms with Crippen LogP contribution in [0.2, 0.25) is 5.02 Å². The van der Waals surface area contributed by atoms with Crippen molar-refractivity contribution in [3.8, 4) is 11.4 Å². The van der Waals surface area contributed by atoms with Crippen LogP contribution in [0.3, 0.4) is 0 Å². The molecule has 9 nitrogen and oxygen atoms in total. The van der Waals surface area contributed by atoms with Crippen molar-refractivity contribution < 1.29 is 4.79 Å². The predicted molar refractivity (Wildman–Crippen MR) is 114 cm³/mol. The van der Waals surface area contributed by atoms with Gasteiger partial charge in [-0.3, -0.25) is 4.79 Å². The van der Waals surface area contributed by atoms with Crippen molar-refractivity contribution in [2.75, 3.05) is 11.1 Å². The number of thioether (sulfide) groups is 1. The first-order valence-electron chi connectivity index (χ1n) is 8.94. The molecular formula is C19H17ClN8OS. The van der Waals surface area contributed by atoms with Gasteiger partial charge in [0.05, 0.1) is 22.8 Å². The lowest BCUT2D eigenvalue weighted by molar-refractivity contribution is -0.113. The van der Waals surface area contributed by atoms with Gasteiger partial charge in [0.2, 0.25) is 11.1 Å². The van der Waals surface area contributed by atoms with E-state index >= 15 is 0 Å². The molecule has 1 amide bonds. The number of carbonyl (C=O) groups is 1. The van der Waals surface area contributed by atoms with Crippen molar-refractivity contribution in [2.45, 2.75) is 19.0 Å². The van der Waals surface area contributed by atoms with Crippen LogP contribution in [-0.4, -0.2) is 46.6 Å². The molecule has 30 heavy (non-hydrogen) atoms. The number of tetrazole rings is 1. The standard InChI is InChI=1S/C19H17ClN8OS/c1-12-5-13(2)7-15(6-12)28-19(24-25-26-28)30-9-18(29)23-16-8-14(20)3-4-17(16)27-11-21-10-22-27/h3-8,10-11H,9H2,1-2H3,(H,23,29). The molecular weight excluding hydrogens is 424 g/mol. The van der Waals surface area contributed by atoms with Gasteiger partial charge < -0.3 is 5.32 Å². The van der Waals surface area contributed by atoms with Gasteiger partial charge in [0, 0.05) is 5.02 Å². The molecule has 0 atom stereocenters. The summed E-state index contributed by atoms with van der Waals surface area (Å²) in [7, 11) is 0. The highest BCUT2D eigenvalue weighted by Gasteiger charge is 2.14. The number of amides is 1. The number of hydrogen-bond donors (Lipinski definition) is 1. The van der Waals surface area contributed by atoms with Crippen molar-refractivity contribution >= 4 is 35.0 Å². The minimum atomic E-state index is -0.224. The van der Waals surface area contributed by atoms with Crippen molar-refractivity contribution in [2.24, 2.45) is 0 Å². The number of nitrogens with one attached hydrogen (secondary N) is 1. The van der Waals surface area contributed by atoms with Gasteiger partial charge in [-0.15, -0.1) is 5.10 Å². The van der Waals surface area contributed by atoms with Gasteiger partial charge in [-0.1, -0.05) is 29.4 Å². The van der Waals surface area contributed by atoms with Crippen molar-refractivity contribution in [1.29, 1.82) is 0 Å². The molecule has 0 spiro atoms. The Morgan fingerprint density at radius 2 is 1.97 bits per heavy atom. The molecule has 2 aromatic heterocycles. The summed E-state index contributed by atoms with van der Waals surface area (Å²) in [5, 5.41) is 19.9. The number of anilines is 1. The molecule has 0 unspecified atom stereocenters. The van der Waals surface area contributed by atoms with E-state index in [0.29, 0.717) is 21.6 Å². The molecule has 0 fully saturated rings. The molecule has 0 bridgehead atoms. The molecule has 4 rings (SSSR count). The Labute approximate surface area is 181 Å². The van der Waals surface area contributed by atoms with Crippen LogP contribution in [0.25, 0.3) is 11.4 Å². The van der Waals surface area contributed by atoms with Gasteiger partial charge >= 0.3 is 0 Å². The minimum Gasteiger partial charge on any atom is -0.323 e. The second kappa shape index (κ2) is 8.64. The van der Waals surface area contributed by atoms with Gasteiger partial charge in [0.1, 0.15) is 12.7 Å². The fraction of sp³-hybridized carbons (Fsp3) is 0.158. The maximum Gasteiger partial charge on any atom is 0.234 e. The van der Waals surface area contributed by atoms with Crippen molar-refractivity contribution in [3.63, 3.8) is 0 Å². The molecule has 11 heteroatoms. The van der Waals surface area contributed by atoms with Crippen LogP contribution in [0.1, 0.15) is 11.1 Å². The third-order valence-corrected chi connectivity index (χ3v) is 5.28. The van der Waals surface area contributed by atoms with Gasteiger partial charge in [0.25, 0.3) is 0 Å². The van der Waals surface area contributed by atoms with Crippen LogP contribution in [0.5, 0.6) is 0 Å². The van der Waals surface area contributed by atoms with E-state index < -0.39 is 0 Å². The fourth-order valence-corrected chi connectivity index (χ4v) is 3.82. The molecule has 0 radical (unpaired) electrons. The topological polar surface area (TPSA) is 103 Å². The molecule has 0 aliphatic rings. The number of nitrogens with zero attached hydrogens (tertiary/aromatic N) is 7. The highest BCUT2D eigenvalue weighted by molar-refractivity contribution is 7.99. The van der Waals surface area contributed by atoms with E-state index in [1.807, 2.05) is 26.0 Å². The summed E-state index contributed by atoms with van der Waals surface area (Å²) >= 11 is 7.34. The zero-order valence-corrected chi connectivity index (χ0v) is 17.7. The Bertz CT molecular complexity index is 1170. The molecule has 0 saturated heterocycles. The van der Waals surface area contributed by atoms with Crippen LogP contribution in [0.4, 0.5) is 5.69 Å². The fourth-order valence-electron chi connectivity index (χ4n) is 2.96. The molecule has 2 heterocycles. The van der Waals surface area contributed by atoms with Crippen molar-refractivity contribution in [3.05, 3.63) is 65.2 Å². The van der Waals surface area contributed by atoms with E-state index in [1.165, 1.54) is 18.1 Å². The number of benzene rings is 2. The first-order chi connectivity index (χ1) is 14.5. The van der Waals surface area contributed by atoms with Gasteiger partial charge in [-0.2, -0.15) is 9.78 Å². The third-order valence-electron chi connectivity index (χ3n) is 4.12. The Hall–Kier alpha value is -3.24. The lowest BCUT2D eigenvalue weighted by Gasteiger charge is -2.11. The van der Waals surface area contributed by atoms with Crippen molar-refractivity contribution in [1.82, 2.24) is 35.0 Å². The molecule has 0 saturated carbocycles.